The van der Waals surface area contributed by atoms with E-state index < -0.39 is 6.10 Å². The van der Waals surface area contributed by atoms with Crippen LogP contribution in [0.25, 0.3) is 5.52 Å². The van der Waals surface area contributed by atoms with Gasteiger partial charge in [0.2, 0.25) is 0 Å². The standard InChI is InChI=1S/C17H23N5O3.C9H9FO/c1-12(2)8-16(23)24-9-14(25-10-18)6-4-13-5-7-15-17(19-3)20-11-21-22(13)15;10-9-5-3-8(4-6-9)2-1-7-11/h5,7,11-12,14H,4,6,8-9H2,1-3H3,(H,19,20,21);3-7H,1-2H2. The van der Waals surface area contributed by atoms with Gasteiger partial charge in [-0.15, -0.1) is 0 Å². The molecule has 2 heterocycles. The van der Waals surface area contributed by atoms with Crippen LogP contribution in [0.15, 0.2) is 42.7 Å². The van der Waals surface area contributed by atoms with E-state index in [1.807, 2.05) is 26.0 Å². The second-order valence-corrected chi connectivity index (χ2v) is 8.46. The number of hydrogen-bond donors (Lipinski definition) is 1. The fraction of sp³-hybridized carbons (Fsp3) is 0.423. The number of nitriles is 1. The van der Waals surface area contributed by atoms with Crippen LogP contribution in [0.1, 0.15) is 44.4 Å². The van der Waals surface area contributed by atoms with E-state index in [9.17, 15) is 14.0 Å². The van der Waals surface area contributed by atoms with Crippen molar-refractivity contribution in [2.24, 2.45) is 5.92 Å². The van der Waals surface area contributed by atoms with Gasteiger partial charge < -0.3 is 19.6 Å². The summed E-state index contributed by atoms with van der Waals surface area (Å²) in [6.45, 7) is 3.96. The molecule has 3 aromatic rings. The van der Waals surface area contributed by atoms with Gasteiger partial charge in [-0.05, 0) is 55.0 Å². The van der Waals surface area contributed by atoms with Crippen LogP contribution in [-0.2, 0) is 31.9 Å². The molecule has 1 unspecified atom stereocenters. The number of nitrogens with one attached hydrogen (secondary N) is 1. The van der Waals surface area contributed by atoms with Crippen molar-refractivity contribution in [1.29, 1.82) is 5.26 Å². The van der Waals surface area contributed by atoms with Crippen LogP contribution in [0.3, 0.4) is 0 Å². The molecule has 0 saturated heterocycles. The Hall–Kier alpha value is -4.00. The predicted octanol–water partition coefficient (Wildman–Crippen LogP) is 4.12. The van der Waals surface area contributed by atoms with Crippen molar-refractivity contribution in [2.45, 2.75) is 52.1 Å². The summed E-state index contributed by atoms with van der Waals surface area (Å²) in [5, 5.41) is 16.1. The van der Waals surface area contributed by atoms with Gasteiger partial charge in [0.15, 0.2) is 5.82 Å². The minimum atomic E-state index is -0.475. The zero-order valence-electron chi connectivity index (χ0n) is 20.8. The van der Waals surface area contributed by atoms with Gasteiger partial charge in [0.05, 0.1) is 0 Å². The van der Waals surface area contributed by atoms with E-state index in [0.29, 0.717) is 32.1 Å². The fourth-order valence-corrected chi connectivity index (χ4v) is 3.38. The van der Waals surface area contributed by atoms with Crippen LogP contribution in [0.4, 0.5) is 10.2 Å². The molecule has 2 aromatic heterocycles. The second kappa shape index (κ2) is 15.1. The lowest BCUT2D eigenvalue weighted by Crippen LogP contribution is -2.22. The number of rotatable bonds is 12. The Bertz CT molecular complexity index is 1140. The van der Waals surface area contributed by atoms with Crippen molar-refractivity contribution >= 4 is 23.6 Å². The molecule has 10 heteroatoms. The topological polar surface area (TPSA) is 119 Å². The lowest BCUT2D eigenvalue weighted by atomic mass is 10.1. The van der Waals surface area contributed by atoms with Crippen molar-refractivity contribution in [3.8, 4) is 6.26 Å². The number of nitrogens with zero attached hydrogens (tertiary/aromatic N) is 4. The molecule has 0 spiro atoms. The Morgan fingerprint density at radius 2 is 1.97 bits per heavy atom. The summed E-state index contributed by atoms with van der Waals surface area (Å²) in [6.07, 6.45) is 6.28. The Kier molecular flexibility index (Phi) is 11.8. The van der Waals surface area contributed by atoms with Gasteiger partial charge in [-0.25, -0.2) is 13.9 Å². The summed E-state index contributed by atoms with van der Waals surface area (Å²) < 4.78 is 24.4. The number of aromatic nitrogens is 3. The zero-order chi connectivity index (χ0) is 26.3. The predicted molar refractivity (Wildman–Crippen MR) is 133 cm³/mol. The lowest BCUT2D eigenvalue weighted by molar-refractivity contribution is -0.147. The molecule has 1 atom stereocenters. The molecule has 1 aromatic carbocycles. The van der Waals surface area contributed by atoms with Gasteiger partial charge in [-0.1, -0.05) is 26.0 Å². The third kappa shape index (κ3) is 9.33. The summed E-state index contributed by atoms with van der Waals surface area (Å²) in [4.78, 5) is 25.8. The minimum absolute atomic E-state index is 0.0686. The van der Waals surface area contributed by atoms with Crippen LogP contribution < -0.4 is 5.32 Å². The Balaban J connectivity index is 0.000000346. The van der Waals surface area contributed by atoms with Crippen LogP contribution in [0.5, 0.6) is 0 Å². The number of benzene rings is 1. The number of esters is 1. The van der Waals surface area contributed by atoms with Crippen LogP contribution >= 0.6 is 0 Å². The van der Waals surface area contributed by atoms with E-state index in [1.54, 1.807) is 30.0 Å². The monoisotopic (exact) mass is 497 g/mol. The first-order valence-corrected chi connectivity index (χ1v) is 11.8. The number of hydrogen-bond acceptors (Lipinski definition) is 8. The Morgan fingerprint density at radius 1 is 1.22 bits per heavy atom. The average Bonchev–Trinajstić information content (AvgIpc) is 3.28. The molecule has 192 valence electrons. The van der Waals surface area contributed by atoms with Gasteiger partial charge in [0, 0.05) is 25.6 Å². The second-order valence-electron chi connectivity index (χ2n) is 8.46. The van der Waals surface area contributed by atoms with Gasteiger partial charge in [0.25, 0.3) is 6.26 Å². The summed E-state index contributed by atoms with van der Waals surface area (Å²) in [7, 11) is 1.80. The molecule has 0 radical (unpaired) electrons. The highest BCUT2D eigenvalue weighted by Crippen LogP contribution is 2.17. The van der Waals surface area contributed by atoms with Crippen molar-refractivity contribution < 1.29 is 23.5 Å². The van der Waals surface area contributed by atoms with E-state index in [1.165, 1.54) is 18.5 Å². The van der Waals surface area contributed by atoms with E-state index in [4.69, 9.17) is 14.7 Å². The number of ether oxygens (including phenoxy) is 2. The van der Waals surface area contributed by atoms with Crippen molar-refractivity contribution in [3.63, 3.8) is 0 Å². The highest BCUT2D eigenvalue weighted by Gasteiger charge is 2.16. The summed E-state index contributed by atoms with van der Waals surface area (Å²) in [5.74, 6) is 0.464. The summed E-state index contributed by atoms with van der Waals surface area (Å²) in [6, 6.07) is 10.1. The average molecular weight is 498 g/mol. The molecule has 1 N–H and O–H groups in total. The molecule has 0 fully saturated rings. The quantitative estimate of drug-likeness (QED) is 0.226. The fourth-order valence-electron chi connectivity index (χ4n) is 3.38. The smallest absolute Gasteiger partial charge is 0.306 e. The molecular formula is C26H32FN5O4. The first kappa shape index (κ1) is 28.2. The van der Waals surface area contributed by atoms with E-state index in [0.717, 1.165) is 28.9 Å². The molecule has 0 saturated carbocycles. The SMILES string of the molecule is CNc1ncnn2c(CCC(COC(=O)CC(C)C)OC#N)ccc12.O=CCCc1ccc(F)cc1. The maximum absolute atomic E-state index is 12.3. The molecule has 0 bridgehead atoms. The first-order valence-electron chi connectivity index (χ1n) is 11.8. The molecule has 0 amide bonds. The molecule has 3 rings (SSSR count). The van der Waals surface area contributed by atoms with E-state index in [-0.39, 0.29) is 24.3 Å². The zero-order valence-corrected chi connectivity index (χ0v) is 20.8. The maximum Gasteiger partial charge on any atom is 0.306 e. The number of carbonyl (C=O) groups excluding carboxylic acids is 2. The van der Waals surface area contributed by atoms with Crippen molar-refractivity contribution in [2.75, 3.05) is 19.0 Å². The number of aldehydes is 1. The Labute approximate surface area is 210 Å². The van der Waals surface area contributed by atoms with Gasteiger partial charge in [0.1, 0.15) is 36.7 Å². The maximum atomic E-state index is 12.3. The van der Waals surface area contributed by atoms with Crippen LogP contribution in [-0.4, -0.2) is 46.6 Å². The molecule has 0 aliphatic carbocycles. The number of anilines is 1. The lowest BCUT2D eigenvalue weighted by Gasteiger charge is -2.14. The molecule has 9 nitrogen and oxygen atoms in total. The number of aryl methyl sites for hydroxylation is 2. The van der Waals surface area contributed by atoms with Crippen LogP contribution in [0, 0.1) is 23.3 Å². The van der Waals surface area contributed by atoms with E-state index in [2.05, 4.69) is 15.4 Å². The number of halogens is 1. The van der Waals surface area contributed by atoms with Crippen LogP contribution in [0.2, 0.25) is 0 Å². The normalized spacial score (nSPS) is 11.2. The number of fused-ring (bicyclic) bond motifs is 1. The largest absolute Gasteiger partial charge is 0.462 e. The minimum Gasteiger partial charge on any atom is -0.462 e. The first-order chi connectivity index (χ1) is 17.4. The van der Waals surface area contributed by atoms with Crippen molar-refractivity contribution in [3.05, 3.63) is 59.8 Å². The molecule has 36 heavy (non-hydrogen) atoms. The summed E-state index contributed by atoms with van der Waals surface area (Å²) in [5.41, 5.74) is 2.84. The molecular weight excluding hydrogens is 465 g/mol. The van der Waals surface area contributed by atoms with Gasteiger partial charge in [-0.2, -0.15) is 10.4 Å². The van der Waals surface area contributed by atoms with Gasteiger partial charge in [-0.3, -0.25) is 4.79 Å². The van der Waals surface area contributed by atoms with Gasteiger partial charge >= 0.3 is 5.97 Å². The van der Waals surface area contributed by atoms with Crippen molar-refractivity contribution in [1.82, 2.24) is 14.6 Å². The number of carbonyl (C=O) groups is 2. The van der Waals surface area contributed by atoms with E-state index >= 15 is 0 Å². The Morgan fingerprint density at radius 3 is 2.61 bits per heavy atom. The molecule has 0 aliphatic rings. The summed E-state index contributed by atoms with van der Waals surface area (Å²) >= 11 is 0. The third-order valence-electron chi connectivity index (χ3n) is 5.18. The third-order valence-corrected chi connectivity index (χ3v) is 5.18. The highest BCUT2D eigenvalue weighted by molar-refractivity contribution is 5.69. The highest BCUT2D eigenvalue weighted by atomic mass is 19.1. The molecule has 0 aliphatic heterocycles.